The molecule has 0 atom stereocenters. The van der Waals surface area contributed by atoms with E-state index in [1.54, 1.807) is 0 Å². The summed E-state index contributed by atoms with van der Waals surface area (Å²) >= 11 is 7.36. The van der Waals surface area contributed by atoms with Crippen LogP contribution in [-0.4, -0.2) is 32.1 Å². The molecule has 1 amide bonds. The number of nitrogens with one attached hydrogen (secondary N) is 1. The van der Waals surface area contributed by atoms with Gasteiger partial charge in [0.25, 0.3) is 5.91 Å². The molecule has 1 aromatic heterocycles. The number of halogens is 1. The van der Waals surface area contributed by atoms with Gasteiger partial charge in [-0.05, 0) is 65.7 Å². The van der Waals surface area contributed by atoms with Gasteiger partial charge in [-0.2, -0.15) is 5.10 Å². The third-order valence-electron chi connectivity index (χ3n) is 5.60. The number of thioether (sulfide) groups is 1. The fourth-order valence-corrected chi connectivity index (χ4v) is 4.62. The molecule has 0 saturated carbocycles. The summed E-state index contributed by atoms with van der Waals surface area (Å²) < 4.78 is 1.94. The molecule has 0 radical (unpaired) electrons. The number of benzene rings is 4. The van der Waals surface area contributed by atoms with E-state index < -0.39 is 0 Å². The molecule has 8 heteroatoms. The minimum Gasteiger partial charge on any atom is -0.272 e. The van der Waals surface area contributed by atoms with E-state index in [4.69, 9.17) is 11.6 Å². The highest BCUT2D eigenvalue weighted by atomic mass is 35.5. The maximum Gasteiger partial charge on any atom is 0.250 e. The van der Waals surface area contributed by atoms with Crippen LogP contribution in [0.15, 0.2) is 107 Å². The largest absolute Gasteiger partial charge is 0.272 e. The monoisotopic (exact) mass is 511 g/mol. The molecule has 0 saturated heterocycles. The quantitative estimate of drug-likeness (QED) is 0.156. The second-order valence-electron chi connectivity index (χ2n) is 8.07. The zero-order chi connectivity index (χ0) is 24.9. The van der Waals surface area contributed by atoms with Gasteiger partial charge in [-0.1, -0.05) is 78.0 Å². The van der Waals surface area contributed by atoms with Crippen molar-refractivity contribution in [3.8, 4) is 17.1 Å². The summed E-state index contributed by atoms with van der Waals surface area (Å²) in [6.45, 7) is 1.88. The number of carbonyl (C=O) groups excluding carboxylic acids is 1. The molecule has 0 aliphatic carbocycles. The molecule has 5 aromatic rings. The standard InChI is InChI=1S/C28H22ClN5OS/c1-19(22-12-11-20-7-5-6-8-23(20)17-22)30-31-26(35)18-36-28-33-32-27(21-13-15-24(29)16-14-21)34(28)25-9-3-2-4-10-25/h2-17H,18H2,1H3,(H,31,35)/b30-19-. The van der Waals surface area contributed by atoms with Crippen molar-refractivity contribution in [1.29, 1.82) is 0 Å². The lowest BCUT2D eigenvalue weighted by Gasteiger charge is -2.10. The Balaban J connectivity index is 1.31. The molecular weight excluding hydrogens is 490 g/mol. The Morgan fingerprint density at radius 2 is 1.64 bits per heavy atom. The van der Waals surface area contributed by atoms with Crippen molar-refractivity contribution in [2.75, 3.05) is 5.75 Å². The van der Waals surface area contributed by atoms with Crippen molar-refractivity contribution in [1.82, 2.24) is 20.2 Å². The third kappa shape index (κ3) is 5.32. The first-order valence-corrected chi connectivity index (χ1v) is 12.7. The third-order valence-corrected chi connectivity index (χ3v) is 6.78. The van der Waals surface area contributed by atoms with Crippen molar-refractivity contribution < 1.29 is 4.79 Å². The molecule has 178 valence electrons. The van der Waals surface area contributed by atoms with E-state index in [1.165, 1.54) is 11.8 Å². The predicted octanol–water partition coefficient (Wildman–Crippen LogP) is 6.37. The molecular formula is C28H22ClN5OS. The summed E-state index contributed by atoms with van der Waals surface area (Å²) in [7, 11) is 0. The van der Waals surface area contributed by atoms with Gasteiger partial charge in [0.05, 0.1) is 11.5 Å². The van der Waals surface area contributed by atoms with E-state index in [0.29, 0.717) is 16.0 Å². The SMILES string of the molecule is C/C(=N/NC(=O)CSc1nnc(-c2ccc(Cl)cc2)n1-c1ccccc1)c1ccc2ccccc2c1. The molecule has 0 aliphatic heterocycles. The van der Waals surface area contributed by atoms with Gasteiger partial charge in [0.1, 0.15) is 0 Å². The van der Waals surface area contributed by atoms with Gasteiger partial charge in [-0.3, -0.25) is 9.36 Å². The number of nitrogens with zero attached hydrogens (tertiary/aromatic N) is 4. The van der Waals surface area contributed by atoms with Crippen LogP contribution in [0.4, 0.5) is 0 Å². The number of hydrogen-bond acceptors (Lipinski definition) is 5. The first-order chi connectivity index (χ1) is 17.6. The van der Waals surface area contributed by atoms with E-state index in [-0.39, 0.29) is 11.7 Å². The van der Waals surface area contributed by atoms with Gasteiger partial charge in [-0.15, -0.1) is 10.2 Å². The van der Waals surface area contributed by atoms with E-state index in [0.717, 1.165) is 33.3 Å². The Hall–Kier alpha value is -3.94. The van der Waals surface area contributed by atoms with Crippen LogP contribution < -0.4 is 5.43 Å². The van der Waals surface area contributed by atoms with Crippen molar-refractivity contribution in [3.63, 3.8) is 0 Å². The van der Waals surface area contributed by atoms with Crippen molar-refractivity contribution in [2.45, 2.75) is 12.1 Å². The predicted molar refractivity (Wildman–Crippen MR) is 147 cm³/mol. The molecule has 0 bridgehead atoms. The van der Waals surface area contributed by atoms with Gasteiger partial charge in [0.15, 0.2) is 11.0 Å². The van der Waals surface area contributed by atoms with Crippen molar-refractivity contribution in [2.24, 2.45) is 5.10 Å². The number of rotatable bonds is 7. The molecule has 1 N–H and O–H groups in total. The molecule has 0 spiro atoms. The number of para-hydroxylation sites is 1. The normalized spacial score (nSPS) is 11.6. The van der Waals surface area contributed by atoms with Crippen LogP contribution in [0, 0.1) is 0 Å². The number of aromatic nitrogens is 3. The van der Waals surface area contributed by atoms with E-state index in [1.807, 2.05) is 84.3 Å². The van der Waals surface area contributed by atoms with Crippen molar-refractivity contribution in [3.05, 3.63) is 108 Å². The topological polar surface area (TPSA) is 72.2 Å². The summed E-state index contributed by atoms with van der Waals surface area (Å²) in [5.41, 5.74) is 6.13. The second-order valence-corrected chi connectivity index (χ2v) is 9.45. The Morgan fingerprint density at radius 3 is 2.42 bits per heavy atom. The molecule has 4 aromatic carbocycles. The van der Waals surface area contributed by atoms with Crippen LogP contribution in [0.3, 0.4) is 0 Å². The summed E-state index contributed by atoms with van der Waals surface area (Å²) in [4.78, 5) is 12.6. The average molecular weight is 512 g/mol. The van der Waals surface area contributed by atoms with Crippen LogP contribution >= 0.6 is 23.4 Å². The van der Waals surface area contributed by atoms with Gasteiger partial charge in [0, 0.05) is 16.3 Å². The lowest BCUT2D eigenvalue weighted by molar-refractivity contribution is -0.118. The van der Waals surface area contributed by atoms with E-state index >= 15 is 0 Å². The molecule has 0 fully saturated rings. The number of fused-ring (bicyclic) bond motifs is 1. The Bertz CT molecular complexity index is 1550. The molecule has 0 unspecified atom stereocenters. The summed E-state index contributed by atoms with van der Waals surface area (Å²) in [5, 5.41) is 16.6. The van der Waals surface area contributed by atoms with Crippen molar-refractivity contribution >= 4 is 45.8 Å². The van der Waals surface area contributed by atoms with Crippen LogP contribution in [0.25, 0.3) is 27.8 Å². The zero-order valence-corrected chi connectivity index (χ0v) is 21.0. The minimum absolute atomic E-state index is 0.139. The Labute approximate surface area is 218 Å². The molecule has 6 nitrogen and oxygen atoms in total. The van der Waals surface area contributed by atoms with Gasteiger partial charge < -0.3 is 0 Å². The zero-order valence-electron chi connectivity index (χ0n) is 19.4. The number of hydrogen-bond donors (Lipinski definition) is 1. The Kier molecular flexibility index (Phi) is 7.11. The number of hydrazone groups is 1. The van der Waals surface area contributed by atoms with E-state index in [9.17, 15) is 4.79 Å². The molecule has 1 heterocycles. The number of amides is 1. The highest BCUT2D eigenvalue weighted by Crippen LogP contribution is 2.28. The minimum atomic E-state index is -0.226. The van der Waals surface area contributed by atoms with Gasteiger partial charge >= 0.3 is 0 Å². The fourth-order valence-electron chi connectivity index (χ4n) is 3.75. The summed E-state index contributed by atoms with van der Waals surface area (Å²) in [6.07, 6.45) is 0. The van der Waals surface area contributed by atoms with E-state index in [2.05, 4.69) is 45.0 Å². The smallest absolute Gasteiger partial charge is 0.250 e. The summed E-state index contributed by atoms with van der Waals surface area (Å²) in [6, 6.07) is 31.5. The second kappa shape index (κ2) is 10.8. The van der Waals surface area contributed by atoms with Crippen LogP contribution in [0.5, 0.6) is 0 Å². The average Bonchev–Trinajstić information content (AvgIpc) is 3.35. The molecule has 5 rings (SSSR count). The number of carbonyl (C=O) groups is 1. The first kappa shape index (κ1) is 23.8. The highest BCUT2D eigenvalue weighted by molar-refractivity contribution is 7.99. The van der Waals surface area contributed by atoms with Gasteiger partial charge in [0.2, 0.25) is 0 Å². The maximum absolute atomic E-state index is 12.6. The van der Waals surface area contributed by atoms with Crippen LogP contribution in [0.1, 0.15) is 12.5 Å². The molecule has 0 aliphatic rings. The fraction of sp³-hybridized carbons (Fsp3) is 0.0714. The highest BCUT2D eigenvalue weighted by Gasteiger charge is 2.17. The Morgan fingerprint density at radius 1 is 0.917 bits per heavy atom. The molecule has 36 heavy (non-hydrogen) atoms. The maximum atomic E-state index is 12.6. The first-order valence-electron chi connectivity index (χ1n) is 11.3. The van der Waals surface area contributed by atoms with Crippen LogP contribution in [0.2, 0.25) is 5.02 Å². The lowest BCUT2D eigenvalue weighted by Crippen LogP contribution is -2.21. The van der Waals surface area contributed by atoms with Gasteiger partial charge in [-0.25, -0.2) is 5.43 Å². The van der Waals surface area contributed by atoms with Crippen LogP contribution in [-0.2, 0) is 4.79 Å². The summed E-state index contributed by atoms with van der Waals surface area (Å²) in [5.74, 6) is 0.585. The lowest BCUT2D eigenvalue weighted by atomic mass is 10.0.